The SMILES string of the molecule is Cc1cc(-c2nc(C(N)CN3CCCC3)no2)co1. The third-order valence-corrected chi connectivity index (χ3v) is 3.40. The Balaban J connectivity index is 1.69. The van der Waals surface area contributed by atoms with Gasteiger partial charge in [0.1, 0.15) is 12.0 Å². The van der Waals surface area contributed by atoms with Crippen LogP contribution in [0.1, 0.15) is 30.5 Å². The van der Waals surface area contributed by atoms with E-state index in [9.17, 15) is 0 Å². The Kier molecular flexibility index (Phi) is 3.35. The molecule has 0 radical (unpaired) electrons. The Bertz CT molecular complexity index is 542. The number of aromatic nitrogens is 2. The van der Waals surface area contributed by atoms with Crippen molar-refractivity contribution in [1.29, 1.82) is 0 Å². The van der Waals surface area contributed by atoms with Crippen LogP contribution in [0.2, 0.25) is 0 Å². The Morgan fingerprint density at radius 3 is 2.89 bits per heavy atom. The molecule has 102 valence electrons. The highest BCUT2D eigenvalue weighted by Crippen LogP contribution is 2.21. The molecule has 19 heavy (non-hydrogen) atoms. The molecule has 3 heterocycles. The standard InChI is InChI=1S/C13H18N4O2/c1-9-6-10(8-18-9)13-15-12(16-19-13)11(14)7-17-4-2-3-5-17/h6,8,11H,2-5,7,14H2,1H3. The Labute approximate surface area is 111 Å². The minimum Gasteiger partial charge on any atom is -0.469 e. The highest BCUT2D eigenvalue weighted by Gasteiger charge is 2.20. The molecule has 0 aromatic carbocycles. The normalized spacial score (nSPS) is 18.0. The van der Waals surface area contributed by atoms with Gasteiger partial charge in [-0.2, -0.15) is 4.98 Å². The number of hydrogen-bond donors (Lipinski definition) is 1. The van der Waals surface area contributed by atoms with E-state index in [0.717, 1.165) is 31.0 Å². The monoisotopic (exact) mass is 262 g/mol. The first-order valence-electron chi connectivity index (χ1n) is 6.59. The van der Waals surface area contributed by atoms with Crippen molar-refractivity contribution in [2.45, 2.75) is 25.8 Å². The fraction of sp³-hybridized carbons (Fsp3) is 0.538. The van der Waals surface area contributed by atoms with E-state index in [1.165, 1.54) is 12.8 Å². The molecule has 2 aromatic rings. The van der Waals surface area contributed by atoms with Crippen LogP contribution in [-0.4, -0.2) is 34.7 Å². The minimum absolute atomic E-state index is 0.205. The Morgan fingerprint density at radius 2 is 2.21 bits per heavy atom. The zero-order chi connectivity index (χ0) is 13.2. The van der Waals surface area contributed by atoms with Gasteiger partial charge in [0, 0.05) is 6.54 Å². The van der Waals surface area contributed by atoms with Crippen molar-refractivity contribution >= 4 is 0 Å². The average Bonchev–Trinajstić information content (AvgIpc) is 3.07. The quantitative estimate of drug-likeness (QED) is 0.903. The van der Waals surface area contributed by atoms with Crippen LogP contribution in [0.4, 0.5) is 0 Å². The summed E-state index contributed by atoms with van der Waals surface area (Å²) in [7, 11) is 0. The highest BCUT2D eigenvalue weighted by atomic mass is 16.5. The Morgan fingerprint density at radius 1 is 1.42 bits per heavy atom. The summed E-state index contributed by atoms with van der Waals surface area (Å²) < 4.78 is 10.5. The van der Waals surface area contributed by atoms with Crippen LogP contribution in [-0.2, 0) is 0 Å². The van der Waals surface area contributed by atoms with E-state index in [1.54, 1.807) is 6.26 Å². The maximum Gasteiger partial charge on any atom is 0.261 e. The third-order valence-electron chi connectivity index (χ3n) is 3.40. The summed E-state index contributed by atoms with van der Waals surface area (Å²) in [6, 6.07) is 1.66. The summed E-state index contributed by atoms with van der Waals surface area (Å²) in [5.74, 6) is 1.83. The van der Waals surface area contributed by atoms with Crippen LogP contribution in [0.15, 0.2) is 21.3 Å². The smallest absolute Gasteiger partial charge is 0.261 e. The molecule has 0 saturated carbocycles. The molecule has 1 aliphatic heterocycles. The number of nitrogens with zero attached hydrogens (tertiary/aromatic N) is 3. The molecule has 0 aliphatic carbocycles. The van der Waals surface area contributed by atoms with Crippen LogP contribution in [0.25, 0.3) is 11.5 Å². The summed E-state index contributed by atoms with van der Waals surface area (Å²) in [5, 5.41) is 3.96. The van der Waals surface area contributed by atoms with Crippen molar-refractivity contribution < 1.29 is 8.94 Å². The van der Waals surface area contributed by atoms with Gasteiger partial charge in [0.15, 0.2) is 5.82 Å². The van der Waals surface area contributed by atoms with Crippen LogP contribution in [0, 0.1) is 6.92 Å². The fourth-order valence-electron chi connectivity index (χ4n) is 2.38. The second-order valence-corrected chi connectivity index (χ2v) is 5.02. The minimum atomic E-state index is -0.205. The lowest BCUT2D eigenvalue weighted by atomic mass is 10.2. The zero-order valence-corrected chi connectivity index (χ0v) is 11.0. The molecule has 0 spiro atoms. The lowest BCUT2D eigenvalue weighted by molar-refractivity contribution is 0.306. The summed E-state index contributed by atoms with van der Waals surface area (Å²) in [4.78, 5) is 6.68. The zero-order valence-electron chi connectivity index (χ0n) is 11.0. The molecule has 1 aliphatic rings. The molecular weight excluding hydrogens is 244 g/mol. The molecule has 1 fully saturated rings. The van der Waals surface area contributed by atoms with Crippen molar-refractivity contribution in [1.82, 2.24) is 15.0 Å². The average molecular weight is 262 g/mol. The predicted molar refractivity (Wildman–Crippen MR) is 69.3 cm³/mol. The van der Waals surface area contributed by atoms with E-state index in [2.05, 4.69) is 15.0 Å². The maximum absolute atomic E-state index is 6.12. The van der Waals surface area contributed by atoms with Crippen molar-refractivity contribution in [3.05, 3.63) is 23.9 Å². The first kappa shape index (κ1) is 12.4. The largest absolute Gasteiger partial charge is 0.469 e. The predicted octanol–water partition coefficient (Wildman–Crippen LogP) is 1.73. The van der Waals surface area contributed by atoms with E-state index in [-0.39, 0.29) is 6.04 Å². The molecule has 1 unspecified atom stereocenters. The van der Waals surface area contributed by atoms with Crippen LogP contribution in [0.3, 0.4) is 0 Å². The molecule has 6 heteroatoms. The number of nitrogens with two attached hydrogens (primary N) is 1. The molecule has 2 aromatic heterocycles. The van der Waals surface area contributed by atoms with Gasteiger partial charge in [-0.05, 0) is 38.9 Å². The van der Waals surface area contributed by atoms with Gasteiger partial charge in [0.05, 0.1) is 11.6 Å². The van der Waals surface area contributed by atoms with Gasteiger partial charge >= 0.3 is 0 Å². The second kappa shape index (κ2) is 5.14. The first-order valence-corrected chi connectivity index (χ1v) is 6.59. The molecule has 0 amide bonds. The molecular formula is C13H18N4O2. The van der Waals surface area contributed by atoms with E-state index in [4.69, 9.17) is 14.7 Å². The van der Waals surface area contributed by atoms with Crippen molar-refractivity contribution in [3.8, 4) is 11.5 Å². The topological polar surface area (TPSA) is 81.3 Å². The van der Waals surface area contributed by atoms with Gasteiger partial charge in [-0.1, -0.05) is 5.16 Å². The van der Waals surface area contributed by atoms with Gasteiger partial charge in [0.2, 0.25) is 0 Å². The van der Waals surface area contributed by atoms with Crippen molar-refractivity contribution in [2.24, 2.45) is 5.73 Å². The van der Waals surface area contributed by atoms with E-state index in [1.807, 2.05) is 13.0 Å². The fourth-order valence-corrected chi connectivity index (χ4v) is 2.38. The van der Waals surface area contributed by atoms with Gasteiger partial charge in [0.25, 0.3) is 5.89 Å². The van der Waals surface area contributed by atoms with Crippen LogP contribution >= 0.6 is 0 Å². The molecule has 6 nitrogen and oxygen atoms in total. The van der Waals surface area contributed by atoms with Crippen molar-refractivity contribution in [3.63, 3.8) is 0 Å². The summed E-state index contributed by atoms with van der Waals surface area (Å²) >= 11 is 0. The number of likely N-dealkylation sites (tertiary alicyclic amines) is 1. The van der Waals surface area contributed by atoms with E-state index in [0.29, 0.717) is 11.7 Å². The summed E-state index contributed by atoms with van der Waals surface area (Å²) in [5.41, 5.74) is 6.92. The second-order valence-electron chi connectivity index (χ2n) is 5.02. The first-order chi connectivity index (χ1) is 9.22. The maximum atomic E-state index is 6.12. The van der Waals surface area contributed by atoms with E-state index >= 15 is 0 Å². The molecule has 0 bridgehead atoms. The lowest BCUT2D eigenvalue weighted by Crippen LogP contribution is -2.30. The van der Waals surface area contributed by atoms with Gasteiger partial charge < -0.3 is 19.6 Å². The van der Waals surface area contributed by atoms with Gasteiger partial charge in [-0.15, -0.1) is 0 Å². The molecule has 3 rings (SSSR count). The van der Waals surface area contributed by atoms with Gasteiger partial charge in [-0.25, -0.2) is 0 Å². The van der Waals surface area contributed by atoms with Gasteiger partial charge in [-0.3, -0.25) is 0 Å². The molecule has 2 N–H and O–H groups in total. The highest BCUT2D eigenvalue weighted by molar-refractivity contribution is 5.51. The van der Waals surface area contributed by atoms with Crippen molar-refractivity contribution in [2.75, 3.05) is 19.6 Å². The third kappa shape index (κ3) is 2.69. The van der Waals surface area contributed by atoms with Crippen LogP contribution < -0.4 is 5.73 Å². The molecule has 1 atom stereocenters. The Hall–Kier alpha value is -1.66. The lowest BCUT2D eigenvalue weighted by Gasteiger charge is -2.17. The number of rotatable bonds is 4. The number of furan rings is 1. The summed E-state index contributed by atoms with van der Waals surface area (Å²) in [6.45, 7) is 4.88. The number of hydrogen-bond acceptors (Lipinski definition) is 6. The molecule has 1 saturated heterocycles. The van der Waals surface area contributed by atoms with E-state index < -0.39 is 0 Å². The number of aryl methyl sites for hydroxylation is 1. The van der Waals surface area contributed by atoms with Crippen LogP contribution in [0.5, 0.6) is 0 Å². The summed E-state index contributed by atoms with van der Waals surface area (Å²) in [6.07, 6.45) is 4.11.